The van der Waals surface area contributed by atoms with Crippen LogP contribution in [0.2, 0.25) is 0 Å². The maximum absolute atomic E-state index is 13.0. The predicted molar refractivity (Wildman–Crippen MR) is 136 cm³/mol. The Morgan fingerprint density at radius 2 is 1.75 bits per heavy atom. The normalized spacial score (nSPS) is 21.6. The lowest BCUT2D eigenvalue weighted by atomic mass is 9.63. The molecule has 4 aliphatic rings. The van der Waals surface area contributed by atoms with Crippen LogP contribution in [0.5, 0.6) is 5.75 Å². The number of rotatable bonds is 6. The second kappa shape index (κ2) is 8.94. The largest absolute Gasteiger partial charge is 0.492 e. The van der Waals surface area contributed by atoms with Crippen molar-refractivity contribution in [2.75, 3.05) is 44.6 Å². The van der Waals surface area contributed by atoms with Crippen LogP contribution in [0.4, 0.5) is 5.69 Å². The standard InChI is InChI=1S/C29H32N4O3/c30-20-21-3-8-25-24(19-21)29(26(34)31-25)11-15-32(16-12-29)17-18-36-23-6-4-22(5-7-23)28(9-1-10-28)27(35)33-13-2-14-33/h3-8,19H,1-2,9-18H2,(H,31,34). The first kappa shape index (κ1) is 23.1. The van der Waals surface area contributed by atoms with E-state index in [1.54, 1.807) is 6.07 Å². The third kappa shape index (κ3) is 3.67. The average Bonchev–Trinajstić information content (AvgIpc) is 3.10. The molecule has 1 N–H and O–H groups in total. The van der Waals surface area contributed by atoms with Gasteiger partial charge in [-0.3, -0.25) is 14.5 Å². The molecule has 0 atom stereocenters. The molecular weight excluding hydrogens is 452 g/mol. The summed E-state index contributed by atoms with van der Waals surface area (Å²) in [6, 6.07) is 15.8. The Morgan fingerprint density at radius 3 is 2.36 bits per heavy atom. The number of carbonyl (C=O) groups is 2. The van der Waals surface area contributed by atoms with Crippen LogP contribution in [0.15, 0.2) is 42.5 Å². The first-order valence-electron chi connectivity index (χ1n) is 13.2. The van der Waals surface area contributed by atoms with Gasteiger partial charge in [0.15, 0.2) is 0 Å². The Hall–Kier alpha value is -3.37. The molecule has 2 amide bonds. The van der Waals surface area contributed by atoms with E-state index in [2.05, 4.69) is 28.4 Å². The molecule has 1 spiro atoms. The first-order chi connectivity index (χ1) is 17.5. The Morgan fingerprint density at radius 1 is 1.00 bits per heavy atom. The lowest BCUT2D eigenvalue weighted by Gasteiger charge is -2.46. The van der Waals surface area contributed by atoms with E-state index in [4.69, 9.17) is 4.74 Å². The molecule has 1 aliphatic carbocycles. The molecule has 3 heterocycles. The topological polar surface area (TPSA) is 85.7 Å². The van der Waals surface area contributed by atoms with Crippen LogP contribution in [-0.4, -0.2) is 60.9 Å². The fourth-order valence-electron chi connectivity index (χ4n) is 6.28. The van der Waals surface area contributed by atoms with E-state index >= 15 is 0 Å². The Bertz CT molecular complexity index is 1220. The van der Waals surface area contributed by atoms with E-state index in [1.165, 1.54) is 0 Å². The van der Waals surface area contributed by atoms with Crippen molar-refractivity contribution >= 4 is 17.5 Å². The summed E-state index contributed by atoms with van der Waals surface area (Å²) in [6.07, 6.45) is 5.60. The van der Waals surface area contributed by atoms with E-state index in [-0.39, 0.29) is 11.3 Å². The van der Waals surface area contributed by atoms with Gasteiger partial charge in [-0.2, -0.15) is 5.26 Å². The maximum atomic E-state index is 13.0. The van der Waals surface area contributed by atoms with Gasteiger partial charge >= 0.3 is 0 Å². The fourth-order valence-corrected chi connectivity index (χ4v) is 6.28. The number of hydrogen-bond acceptors (Lipinski definition) is 5. The SMILES string of the molecule is N#Cc1ccc2c(c1)C1(CCN(CCOc3ccc(C4(C(=O)N5CCC5)CCC4)cc3)CC1)C(=O)N2. The van der Waals surface area contributed by atoms with Crippen molar-refractivity contribution in [3.05, 3.63) is 59.2 Å². The second-order valence-corrected chi connectivity index (χ2v) is 10.7. The Balaban J connectivity index is 1.03. The predicted octanol–water partition coefficient (Wildman–Crippen LogP) is 3.58. The molecule has 36 heavy (non-hydrogen) atoms. The van der Waals surface area contributed by atoms with Gasteiger partial charge in [-0.25, -0.2) is 0 Å². The van der Waals surface area contributed by atoms with Gasteiger partial charge in [0.2, 0.25) is 11.8 Å². The molecule has 2 aromatic carbocycles. The quantitative estimate of drug-likeness (QED) is 0.678. The third-order valence-electron chi connectivity index (χ3n) is 8.90. The van der Waals surface area contributed by atoms with Crippen molar-refractivity contribution in [1.29, 1.82) is 5.26 Å². The zero-order valence-corrected chi connectivity index (χ0v) is 20.6. The number of ether oxygens (including phenoxy) is 1. The van der Waals surface area contributed by atoms with Crippen LogP contribution in [-0.2, 0) is 20.4 Å². The summed E-state index contributed by atoms with van der Waals surface area (Å²) in [5, 5.41) is 12.3. The summed E-state index contributed by atoms with van der Waals surface area (Å²) >= 11 is 0. The summed E-state index contributed by atoms with van der Waals surface area (Å²) in [7, 11) is 0. The van der Waals surface area contributed by atoms with Crippen LogP contribution in [0.3, 0.4) is 0 Å². The molecule has 3 fully saturated rings. The molecule has 0 aromatic heterocycles. The zero-order valence-electron chi connectivity index (χ0n) is 20.6. The number of nitrogens with one attached hydrogen (secondary N) is 1. The molecule has 3 aliphatic heterocycles. The number of fused-ring (bicyclic) bond motifs is 2. The molecule has 0 unspecified atom stereocenters. The number of amides is 2. The van der Waals surface area contributed by atoms with E-state index < -0.39 is 5.41 Å². The van der Waals surface area contributed by atoms with Gasteiger partial charge in [0.1, 0.15) is 12.4 Å². The number of anilines is 1. The number of likely N-dealkylation sites (tertiary alicyclic amines) is 2. The van der Waals surface area contributed by atoms with Gasteiger partial charge in [-0.05, 0) is 86.7 Å². The average molecular weight is 485 g/mol. The fraction of sp³-hybridized carbons (Fsp3) is 0.483. The van der Waals surface area contributed by atoms with E-state index in [0.29, 0.717) is 18.1 Å². The lowest BCUT2D eigenvalue weighted by molar-refractivity contribution is -0.144. The zero-order chi connectivity index (χ0) is 24.8. The highest BCUT2D eigenvalue weighted by Crippen LogP contribution is 2.47. The van der Waals surface area contributed by atoms with E-state index in [9.17, 15) is 14.9 Å². The van der Waals surface area contributed by atoms with Crippen molar-refractivity contribution in [2.45, 2.75) is 49.4 Å². The Labute approximate surface area is 212 Å². The molecule has 7 heteroatoms. The summed E-state index contributed by atoms with van der Waals surface area (Å²) in [6.45, 7) is 4.79. The molecule has 2 saturated heterocycles. The number of carbonyl (C=O) groups excluding carboxylic acids is 2. The van der Waals surface area contributed by atoms with E-state index in [0.717, 1.165) is 93.8 Å². The minimum absolute atomic E-state index is 0.0559. The van der Waals surface area contributed by atoms with Crippen molar-refractivity contribution in [2.24, 2.45) is 0 Å². The Kier molecular flexibility index (Phi) is 5.72. The monoisotopic (exact) mass is 484 g/mol. The van der Waals surface area contributed by atoms with Gasteiger partial charge in [-0.15, -0.1) is 0 Å². The number of nitriles is 1. The van der Waals surface area contributed by atoms with Crippen LogP contribution in [0.25, 0.3) is 0 Å². The van der Waals surface area contributed by atoms with Gasteiger partial charge in [0.05, 0.1) is 22.5 Å². The van der Waals surface area contributed by atoms with Crippen molar-refractivity contribution in [3.63, 3.8) is 0 Å². The summed E-state index contributed by atoms with van der Waals surface area (Å²) in [5.41, 5.74) is 2.69. The van der Waals surface area contributed by atoms with Gasteiger partial charge in [0, 0.05) is 25.3 Å². The highest BCUT2D eigenvalue weighted by molar-refractivity contribution is 6.06. The van der Waals surface area contributed by atoms with Crippen LogP contribution >= 0.6 is 0 Å². The number of piperidine rings is 1. The van der Waals surface area contributed by atoms with Gasteiger partial charge in [0.25, 0.3) is 0 Å². The number of nitrogens with zero attached hydrogens (tertiary/aromatic N) is 3. The van der Waals surface area contributed by atoms with Gasteiger partial charge < -0.3 is 15.0 Å². The summed E-state index contributed by atoms with van der Waals surface area (Å²) < 4.78 is 6.04. The maximum Gasteiger partial charge on any atom is 0.235 e. The minimum Gasteiger partial charge on any atom is -0.492 e. The summed E-state index contributed by atoms with van der Waals surface area (Å²) in [4.78, 5) is 30.2. The number of hydrogen-bond donors (Lipinski definition) is 1. The van der Waals surface area contributed by atoms with Crippen molar-refractivity contribution < 1.29 is 14.3 Å². The first-order valence-corrected chi connectivity index (χ1v) is 13.2. The molecule has 6 rings (SSSR count). The van der Waals surface area contributed by atoms with Crippen LogP contribution in [0, 0.1) is 11.3 Å². The van der Waals surface area contributed by atoms with Crippen LogP contribution in [0.1, 0.15) is 55.2 Å². The highest BCUT2D eigenvalue weighted by atomic mass is 16.5. The smallest absolute Gasteiger partial charge is 0.235 e. The molecule has 186 valence electrons. The third-order valence-corrected chi connectivity index (χ3v) is 8.90. The number of benzene rings is 2. The highest BCUT2D eigenvalue weighted by Gasteiger charge is 2.49. The molecular formula is C29H32N4O3. The minimum atomic E-state index is -0.527. The molecule has 1 saturated carbocycles. The van der Waals surface area contributed by atoms with Gasteiger partial charge in [-0.1, -0.05) is 18.6 Å². The summed E-state index contributed by atoms with van der Waals surface area (Å²) in [5.74, 6) is 1.19. The lowest BCUT2D eigenvalue weighted by Crippen LogP contribution is -2.55. The van der Waals surface area contributed by atoms with Crippen LogP contribution < -0.4 is 10.1 Å². The van der Waals surface area contributed by atoms with E-state index in [1.807, 2.05) is 29.2 Å². The van der Waals surface area contributed by atoms with Crippen molar-refractivity contribution in [3.8, 4) is 11.8 Å². The van der Waals surface area contributed by atoms with Crippen molar-refractivity contribution in [1.82, 2.24) is 9.80 Å². The molecule has 0 radical (unpaired) electrons. The molecule has 0 bridgehead atoms. The molecule has 2 aromatic rings. The molecule has 7 nitrogen and oxygen atoms in total. The second-order valence-electron chi connectivity index (χ2n) is 10.7.